The fraction of sp³-hybridized carbons (Fsp3) is 0.775. The number of esters is 1. The Labute approximate surface area is 310 Å². The van der Waals surface area contributed by atoms with Crippen LogP contribution in [-0.4, -0.2) is 132 Å². The molecule has 12 nitrogen and oxygen atoms in total. The van der Waals surface area contributed by atoms with Gasteiger partial charge in [-0.15, -0.1) is 0 Å². The zero-order valence-electron chi connectivity index (χ0n) is 31.9. The minimum Gasteiger partial charge on any atom is -0.457 e. The summed E-state index contributed by atoms with van der Waals surface area (Å²) < 4.78 is 22.8. The topological polar surface area (TPSA) is 138 Å². The number of aliphatic hydroxyl groups is 2. The predicted octanol–water partition coefficient (Wildman–Crippen LogP) is 5.23. The van der Waals surface area contributed by atoms with E-state index < -0.39 is 36.0 Å². The summed E-state index contributed by atoms with van der Waals surface area (Å²) in [7, 11) is 0. The summed E-state index contributed by atoms with van der Waals surface area (Å²) in [4.78, 5) is 45.0. The summed E-state index contributed by atoms with van der Waals surface area (Å²) in [5.74, 6) is -0.910. The number of likely N-dealkylation sites (tertiary alicyclic amines) is 1. The molecule has 12 heteroatoms. The largest absolute Gasteiger partial charge is 0.457 e. The van der Waals surface area contributed by atoms with Crippen molar-refractivity contribution >= 4 is 18.2 Å². The van der Waals surface area contributed by atoms with Gasteiger partial charge in [0.1, 0.15) is 11.7 Å². The highest BCUT2D eigenvalue weighted by Gasteiger charge is 2.46. The molecule has 1 saturated carbocycles. The lowest BCUT2D eigenvalue weighted by Crippen LogP contribution is -2.53. The number of nitrogens with zero attached hydrogens (tertiary/aromatic N) is 3. The van der Waals surface area contributed by atoms with E-state index in [0.29, 0.717) is 45.4 Å². The lowest BCUT2D eigenvalue weighted by atomic mass is 9.85. The zero-order valence-corrected chi connectivity index (χ0v) is 31.9. The number of carbonyl (C=O) groups is 3. The molecular formula is C40H63N3O9. The lowest BCUT2D eigenvalue weighted by Gasteiger charge is -2.40. The van der Waals surface area contributed by atoms with Gasteiger partial charge in [-0.05, 0) is 57.6 Å². The van der Waals surface area contributed by atoms with Gasteiger partial charge in [-0.3, -0.25) is 9.69 Å². The Hall–Kier alpha value is -2.93. The third-order valence-electron chi connectivity index (χ3n) is 11.7. The Morgan fingerprint density at radius 3 is 2.37 bits per heavy atom. The molecule has 52 heavy (non-hydrogen) atoms. The van der Waals surface area contributed by atoms with E-state index in [1.54, 1.807) is 22.8 Å². The van der Waals surface area contributed by atoms with E-state index >= 15 is 0 Å². The van der Waals surface area contributed by atoms with Gasteiger partial charge in [0.05, 0.1) is 32.3 Å². The average Bonchev–Trinajstić information content (AvgIpc) is 3.41. The van der Waals surface area contributed by atoms with E-state index in [4.69, 9.17) is 18.9 Å². The van der Waals surface area contributed by atoms with E-state index in [1.165, 1.54) is 38.5 Å². The SMILES string of the molecule is C/C(=C\C=C\[C@@H](C)COC(=O)N1CCC2(COC2)C1)[C@H]1OC(=O)C[C@H](O)CC[C@@](C)(O)[C@@H](OC(=O)N2CCN(C3CCCCCC3)CC2)/C=C\[C@@H]1C. The minimum absolute atomic E-state index is 0.0413. The smallest absolute Gasteiger partial charge is 0.410 e. The van der Waals surface area contributed by atoms with Gasteiger partial charge in [0, 0.05) is 62.6 Å². The van der Waals surface area contributed by atoms with Gasteiger partial charge in [0.15, 0.2) is 6.10 Å². The van der Waals surface area contributed by atoms with Crippen LogP contribution in [0, 0.1) is 17.3 Å². The molecule has 1 aliphatic carbocycles. The number of aliphatic hydroxyl groups excluding tert-OH is 1. The van der Waals surface area contributed by atoms with Crippen LogP contribution in [0.5, 0.6) is 0 Å². The summed E-state index contributed by atoms with van der Waals surface area (Å²) in [6, 6.07) is 0.586. The minimum atomic E-state index is -1.47. The first-order valence-electron chi connectivity index (χ1n) is 19.7. The summed E-state index contributed by atoms with van der Waals surface area (Å²) in [6.45, 7) is 13.2. The molecule has 2 N–H and O–H groups in total. The fourth-order valence-corrected chi connectivity index (χ4v) is 8.09. The molecule has 2 amide bonds. The van der Waals surface area contributed by atoms with Crippen LogP contribution in [0.2, 0.25) is 0 Å². The molecule has 0 bridgehead atoms. The number of carbonyl (C=O) groups excluding carboxylic acids is 3. The maximum atomic E-state index is 13.5. The van der Waals surface area contributed by atoms with Crippen LogP contribution in [0.3, 0.4) is 0 Å². The van der Waals surface area contributed by atoms with Crippen molar-refractivity contribution in [3.63, 3.8) is 0 Å². The van der Waals surface area contributed by atoms with Gasteiger partial charge in [-0.1, -0.05) is 63.8 Å². The van der Waals surface area contributed by atoms with Crippen molar-refractivity contribution in [3.8, 4) is 0 Å². The molecule has 4 heterocycles. The predicted molar refractivity (Wildman–Crippen MR) is 196 cm³/mol. The van der Waals surface area contributed by atoms with Gasteiger partial charge >= 0.3 is 18.2 Å². The number of rotatable bonds is 7. The molecule has 5 aliphatic rings. The monoisotopic (exact) mass is 729 g/mol. The molecule has 5 rings (SSSR count). The lowest BCUT2D eigenvalue weighted by molar-refractivity contribution is -0.151. The number of ether oxygens (including phenoxy) is 4. The normalized spacial score (nSPS) is 32.7. The van der Waals surface area contributed by atoms with Crippen LogP contribution in [0.4, 0.5) is 9.59 Å². The second kappa shape index (κ2) is 18.4. The second-order valence-corrected chi connectivity index (χ2v) is 16.4. The highest BCUT2D eigenvalue weighted by Crippen LogP contribution is 2.37. The molecular weight excluding hydrogens is 666 g/mol. The van der Waals surface area contributed by atoms with Crippen molar-refractivity contribution in [3.05, 3.63) is 36.0 Å². The summed E-state index contributed by atoms with van der Waals surface area (Å²) in [5, 5.41) is 22.2. The molecule has 0 radical (unpaired) electrons. The molecule has 0 aromatic heterocycles. The van der Waals surface area contributed by atoms with Gasteiger partial charge < -0.3 is 39.0 Å². The molecule has 0 unspecified atom stereocenters. The molecule has 6 atom stereocenters. The van der Waals surface area contributed by atoms with E-state index in [1.807, 2.05) is 45.1 Å². The Balaban J connectivity index is 1.18. The van der Waals surface area contributed by atoms with Crippen LogP contribution < -0.4 is 0 Å². The number of piperazine rings is 1. The zero-order chi connectivity index (χ0) is 37.3. The molecule has 4 aliphatic heterocycles. The van der Waals surface area contributed by atoms with Crippen LogP contribution in [0.25, 0.3) is 0 Å². The highest BCUT2D eigenvalue weighted by molar-refractivity contribution is 5.70. The van der Waals surface area contributed by atoms with Gasteiger partial charge in [0.2, 0.25) is 0 Å². The average molecular weight is 730 g/mol. The van der Waals surface area contributed by atoms with Crippen LogP contribution >= 0.6 is 0 Å². The van der Waals surface area contributed by atoms with Crippen molar-refractivity contribution in [1.29, 1.82) is 0 Å². The van der Waals surface area contributed by atoms with Crippen molar-refractivity contribution in [2.45, 2.75) is 122 Å². The molecule has 0 aromatic rings. The summed E-state index contributed by atoms with van der Waals surface area (Å²) in [5.41, 5.74) is -0.585. The summed E-state index contributed by atoms with van der Waals surface area (Å²) in [6.07, 6.45) is 14.4. The molecule has 3 saturated heterocycles. The first-order valence-corrected chi connectivity index (χ1v) is 19.7. The highest BCUT2D eigenvalue weighted by atomic mass is 16.6. The molecule has 4 fully saturated rings. The van der Waals surface area contributed by atoms with Crippen LogP contribution in [0.1, 0.15) is 91.9 Å². The number of hydrogen-bond donors (Lipinski definition) is 2. The van der Waals surface area contributed by atoms with Crippen LogP contribution in [-0.2, 0) is 23.7 Å². The number of hydrogen-bond acceptors (Lipinski definition) is 10. The maximum Gasteiger partial charge on any atom is 0.410 e. The van der Waals surface area contributed by atoms with Gasteiger partial charge in [0.25, 0.3) is 0 Å². The van der Waals surface area contributed by atoms with Crippen molar-refractivity contribution in [1.82, 2.24) is 14.7 Å². The standard InChI is InChI=1S/C40H63N3O9/c1-29(25-50-37(46)43-19-18-40(26-43)27-49-28-40)10-9-11-30(2)36-31(3)14-15-34(39(4,48)17-16-33(44)24-35(45)52-36)51-38(47)42-22-20-41(21-23-42)32-12-7-5-6-8-13-32/h9-11,14-15,29,31-34,36,44,48H,5-8,12-13,16-28H2,1-4H3/b10-9+,15-14-,30-11+/t29-,31+,33-,34+,36-,39-/m1/s1. The van der Waals surface area contributed by atoms with E-state index in [9.17, 15) is 24.6 Å². The van der Waals surface area contributed by atoms with Crippen LogP contribution in [0.15, 0.2) is 36.0 Å². The quantitative estimate of drug-likeness (QED) is 0.118. The summed E-state index contributed by atoms with van der Waals surface area (Å²) >= 11 is 0. The second-order valence-electron chi connectivity index (χ2n) is 16.4. The Bertz CT molecular complexity index is 1290. The Kier molecular flexibility index (Phi) is 14.2. The van der Waals surface area contributed by atoms with Gasteiger partial charge in [-0.25, -0.2) is 9.59 Å². The van der Waals surface area contributed by atoms with Crippen molar-refractivity contribution < 1.29 is 43.5 Å². The first kappa shape index (κ1) is 40.3. The molecule has 0 aromatic carbocycles. The van der Waals surface area contributed by atoms with Gasteiger partial charge in [-0.2, -0.15) is 0 Å². The first-order chi connectivity index (χ1) is 24.8. The number of amides is 2. The third-order valence-corrected chi connectivity index (χ3v) is 11.7. The van der Waals surface area contributed by atoms with Crippen molar-refractivity contribution in [2.24, 2.45) is 17.3 Å². The fourth-order valence-electron chi connectivity index (χ4n) is 8.09. The van der Waals surface area contributed by atoms with E-state index in [2.05, 4.69) is 4.90 Å². The number of cyclic esters (lactones) is 1. The number of allylic oxidation sites excluding steroid dienone is 2. The maximum absolute atomic E-state index is 13.5. The Morgan fingerprint density at radius 2 is 1.71 bits per heavy atom. The molecule has 1 spiro atoms. The molecule has 292 valence electrons. The van der Waals surface area contributed by atoms with E-state index in [-0.39, 0.29) is 49.2 Å². The van der Waals surface area contributed by atoms with Crippen molar-refractivity contribution in [2.75, 3.05) is 59.1 Å². The Morgan fingerprint density at radius 1 is 1.00 bits per heavy atom. The van der Waals surface area contributed by atoms with E-state index in [0.717, 1.165) is 25.1 Å². The third kappa shape index (κ3) is 11.1.